The Kier molecular flexibility index (Phi) is 8.32. The van der Waals surface area contributed by atoms with Crippen molar-refractivity contribution >= 4 is 15.9 Å². The maximum Gasteiger partial charge on any atom is 0.126 e. The summed E-state index contributed by atoms with van der Waals surface area (Å²) in [6.45, 7) is 2.24. The predicted octanol–water partition coefficient (Wildman–Crippen LogP) is 5.88. The molecule has 0 aromatic heterocycles. The molecule has 0 aliphatic heterocycles. The van der Waals surface area contributed by atoms with Gasteiger partial charge >= 0.3 is 0 Å². The van der Waals surface area contributed by atoms with Gasteiger partial charge in [-0.3, -0.25) is 0 Å². The molecule has 0 spiro atoms. The van der Waals surface area contributed by atoms with Gasteiger partial charge in [-0.2, -0.15) is 0 Å². The van der Waals surface area contributed by atoms with Crippen LogP contribution in [0.1, 0.15) is 57.4 Å². The fourth-order valence-corrected chi connectivity index (χ4v) is 2.82. The number of rotatable bonds is 9. The molecule has 1 aromatic carbocycles. The van der Waals surface area contributed by atoms with Gasteiger partial charge in [-0.15, -0.1) is 0 Å². The van der Waals surface area contributed by atoms with E-state index in [1.54, 1.807) is 12.1 Å². The lowest BCUT2D eigenvalue weighted by Gasteiger charge is -2.10. The number of hydrogen-bond acceptors (Lipinski definition) is 0. The lowest BCUT2D eigenvalue weighted by molar-refractivity contribution is 0.572. The number of unbranched alkanes of at least 4 members (excludes halogenated alkanes) is 5. The molecule has 2 heteroatoms. The average Bonchev–Trinajstić information content (AvgIpc) is 2.36. The van der Waals surface area contributed by atoms with Gasteiger partial charge in [0.2, 0.25) is 0 Å². The highest BCUT2D eigenvalue weighted by Crippen LogP contribution is 2.19. The van der Waals surface area contributed by atoms with Gasteiger partial charge in [0.1, 0.15) is 5.82 Å². The molecule has 0 N–H and O–H groups in total. The van der Waals surface area contributed by atoms with Crippen molar-refractivity contribution in [1.82, 2.24) is 0 Å². The molecule has 102 valence electrons. The third-order valence-corrected chi connectivity index (χ3v) is 4.05. The van der Waals surface area contributed by atoms with Crippen LogP contribution in [0.2, 0.25) is 0 Å². The largest absolute Gasteiger partial charge is 0.207 e. The Balaban J connectivity index is 2.14. The summed E-state index contributed by atoms with van der Waals surface area (Å²) < 4.78 is 13.5. The predicted molar refractivity (Wildman–Crippen MR) is 80.8 cm³/mol. The molecule has 0 fully saturated rings. The van der Waals surface area contributed by atoms with Crippen molar-refractivity contribution in [3.05, 3.63) is 35.6 Å². The zero-order valence-corrected chi connectivity index (χ0v) is 12.9. The Morgan fingerprint density at radius 3 is 2.44 bits per heavy atom. The van der Waals surface area contributed by atoms with E-state index in [9.17, 15) is 4.39 Å². The second kappa shape index (κ2) is 9.55. The van der Waals surface area contributed by atoms with Gasteiger partial charge in [0.25, 0.3) is 0 Å². The smallest absolute Gasteiger partial charge is 0.126 e. The molecule has 0 radical (unpaired) electrons. The molecule has 1 rings (SSSR count). The van der Waals surface area contributed by atoms with Crippen molar-refractivity contribution in [2.45, 2.75) is 63.1 Å². The van der Waals surface area contributed by atoms with Gasteiger partial charge < -0.3 is 0 Å². The van der Waals surface area contributed by atoms with Gasteiger partial charge in [0, 0.05) is 4.83 Å². The summed E-state index contributed by atoms with van der Waals surface area (Å²) >= 11 is 3.66. The zero-order valence-electron chi connectivity index (χ0n) is 11.3. The maximum absolute atomic E-state index is 13.5. The monoisotopic (exact) mass is 314 g/mol. The molecule has 1 aromatic rings. The Morgan fingerprint density at radius 1 is 1.06 bits per heavy atom. The van der Waals surface area contributed by atoms with E-state index in [-0.39, 0.29) is 5.82 Å². The Labute approximate surface area is 119 Å². The molecule has 0 saturated carbocycles. The number of hydrogen-bond donors (Lipinski definition) is 0. The summed E-state index contributed by atoms with van der Waals surface area (Å²) in [7, 11) is 0. The van der Waals surface area contributed by atoms with E-state index >= 15 is 0 Å². The van der Waals surface area contributed by atoms with E-state index in [2.05, 4.69) is 22.9 Å². The SMILES string of the molecule is CCCCCCCCC(Br)Cc1ccccc1F. The van der Waals surface area contributed by atoms with Gasteiger partial charge in [0.05, 0.1) is 0 Å². The Morgan fingerprint density at radius 2 is 1.72 bits per heavy atom. The molecule has 1 atom stereocenters. The standard InChI is InChI=1S/C16H24BrF/c1-2-3-4-5-6-7-11-15(17)13-14-10-8-9-12-16(14)18/h8-10,12,15H,2-7,11,13H2,1H3. The second-order valence-corrected chi connectivity index (χ2v) is 6.24. The topological polar surface area (TPSA) is 0 Å². The highest BCUT2D eigenvalue weighted by Gasteiger charge is 2.08. The van der Waals surface area contributed by atoms with E-state index in [4.69, 9.17) is 0 Å². The van der Waals surface area contributed by atoms with Crippen LogP contribution in [-0.4, -0.2) is 4.83 Å². The molecule has 0 nitrogen and oxygen atoms in total. The molecule has 0 bridgehead atoms. The first kappa shape index (κ1) is 15.7. The van der Waals surface area contributed by atoms with Crippen molar-refractivity contribution in [3.63, 3.8) is 0 Å². The number of benzene rings is 1. The molecule has 0 aliphatic rings. The molecule has 1 unspecified atom stereocenters. The summed E-state index contributed by atoms with van der Waals surface area (Å²) in [6, 6.07) is 7.07. The molecule has 0 amide bonds. The number of halogens is 2. The van der Waals surface area contributed by atoms with Crippen LogP contribution in [0.4, 0.5) is 4.39 Å². The Bertz CT molecular complexity index is 325. The summed E-state index contributed by atoms with van der Waals surface area (Å²) in [6.07, 6.45) is 9.83. The quantitative estimate of drug-likeness (QED) is 0.394. The minimum Gasteiger partial charge on any atom is -0.207 e. The lowest BCUT2D eigenvalue weighted by Crippen LogP contribution is -2.04. The Hall–Kier alpha value is -0.370. The fourth-order valence-electron chi connectivity index (χ4n) is 2.15. The summed E-state index contributed by atoms with van der Waals surface area (Å²) in [5, 5.41) is 0. The zero-order chi connectivity index (χ0) is 13.2. The molecule has 0 aliphatic carbocycles. The summed E-state index contributed by atoms with van der Waals surface area (Å²) in [5.41, 5.74) is 0.824. The molecular formula is C16H24BrF. The first-order valence-electron chi connectivity index (χ1n) is 7.11. The van der Waals surface area contributed by atoms with E-state index in [1.165, 1.54) is 38.5 Å². The third-order valence-electron chi connectivity index (χ3n) is 3.27. The van der Waals surface area contributed by atoms with Crippen molar-refractivity contribution in [1.29, 1.82) is 0 Å². The molecule has 0 saturated heterocycles. The van der Waals surface area contributed by atoms with Crippen molar-refractivity contribution < 1.29 is 4.39 Å². The van der Waals surface area contributed by atoms with Crippen LogP contribution in [-0.2, 0) is 6.42 Å². The van der Waals surface area contributed by atoms with Crippen molar-refractivity contribution in [2.75, 3.05) is 0 Å². The molecule has 18 heavy (non-hydrogen) atoms. The van der Waals surface area contributed by atoms with Gasteiger partial charge in [-0.25, -0.2) is 4.39 Å². The van der Waals surface area contributed by atoms with Crippen LogP contribution in [0.15, 0.2) is 24.3 Å². The fraction of sp³-hybridized carbons (Fsp3) is 0.625. The normalized spacial score (nSPS) is 12.6. The summed E-state index contributed by atoms with van der Waals surface area (Å²) in [4.78, 5) is 0.403. The van der Waals surface area contributed by atoms with Gasteiger partial charge in [0.15, 0.2) is 0 Å². The highest BCUT2D eigenvalue weighted by atomic mass is 79.9. The van der Waals surface area contributed by atoms with Gasteiger partial charge in [-0.05, 0) is 24.5 Å². The van der Waals surface area contributed by atoms with Crippen LogP contribution < -0.4 is 0 Å². The van der Waals surface area contributed by atoms with E-state index in [0.717, 1.165) is 18.4 Å². The molecule has 0 heterocycles. The van der Waals surface area contributed by atoms with Gasteiger partial charge in [-0.1, -0.05) is 79.6 Å². The summed E-state index contributed by atoms with van der Waals surface area (Å²) in [5.74, 6) is -0.0788. The van der Waals surface area contributed by atoms with E-state index in [0.29, 0.717) is 4.83 Å². The van der Waals surface area contributed by atoms with Crippen LogP contribution in [0.3, 0.4) is 0 Å². The average molecular weight is 315 g/mol. The van der Waals surface area contributed by atoms with Crippen LogP contribution >= 0.6 is 15.9 Å². The number of alkyl halides is 1. The van der Waals surface area contributed by atoms with E-state index in [1.807, 2.05) is 12.1 Å². The highest BCUT2D eigenvalue weighted by molar-refractivity contribution is 9.09. The third kappa shape index (κ3) is 6.53. The van der Waals surface area contributed by atoms with E-state index < -0.39 is 0 Å². The van der Waals surface area contributed by atoms with Crippen molar-refractivity contribution in [2.24, 2.45) is 0 Å². The van der Waals surface area contributed by atoms with Crippen LogP contribution in [0.5, 0.6) is 0 Å². The first-order valence-corrected chi connectivity index (χ1v) is 8.03. The second-order valence-electron chi connectivity index (χ2n) is 4.95. The minimum absolute atomic E-state index is 0.0788. The van der Waals surface area contributed by atoms with Crippen molar-refractivity contribution in [3.8, 4) is 0 Å². The van der Waals surface area contributed by atoms with Crippen LogP contribution in [0, 0.1) is 5.82 Å². The maximum atomic E-state index is 13.5. The first-order chi connectivity index (χ1) is 8.74. The molecular weight excluding hydrogens is 291 g/mol. The van der Waals surface area contributed by atoms with Crippen LogP contribution in [0.25, 0.3) is 0 Å². The minimum atomic E-state index is -0.0788. The lowest BCUT2D eigenvalue weighted by atomic mass is 10.0.